The maximum atomic E-state index is 12.6. The lowest BCUT2D eigenvalue weighted by molar-refractivity contribution is 0.0786. The number of hydrogen-bond donors (Lipinski definition) is 3. The summed E-state index contributed by atoms with van der Waals surface area (Å²) in [5, 5.41) is 5.42. The fourth-order valence-corrected chi connectivity index (χ4v) is 3.01. The minimum atomic E-state index is -0.138. The van der Waals surface area contributed by atoms with Crippen LogP contribution in [0.2, 0.25) is 0 Å². The summed E-state index contributed by atoms with van der Waals surface area (Å²) in [6, 6.07) is 7.08. The van der Waals surface area contributed by atoms with Crippen molar-refractivity contribution in [2.45, 2.75) is 12.3 Å². The predicted molar refractivity (Wildman–Crippen MR) is 80.8 cm³/mol. The monoisotopic (exact) mass is 297 g/mol. The summed E-state index contributed by atoms with van der Waals surface area (Å²) in [4.78, 5) is 32.9. The molecule has 22 heavy (non-hydrogen) atoms. The first-order valence-electron chi connectivity index (χ1n) is 7.21. The van der Waals surface area contributed by atoms with Gasteiger partial charge in [0.1, 0.15) is 5.69 Å². The molecule has 112 valence electrons. The first-order chi connectivity index (χ1) is 10.7. The first-order valence-corrected chi connectivity index (χ1v) is 7.21. The molecule has 1 atom stereocenters. The zero-order valence-corrected chi connectivity index (χ0v) is 11.8. The fraction of sp³-hybridized carbons (Fsp3) is 0.267. The Morgan fingerprint density at radius 1 is 1.32 bits per heavy atom. The first kappa shape index (κ1) is 12.9. The topological polar surface area (TPSA) is 97.6 Å². The van der Waals surface area contributed by atoms with Crippen LogP contribution in [0.4, 0.5) is 0 Å². The van der Waals surface area contributed by atoms with E-state index < -0.39 is 0 Å². The van der Waals surface area contributed by atoms with E-state index in [-0.39, 0.29) is 17.4 Å². The van der Waals surface area contributed by atoms with E-state index in [9.17, 15) is 9.59 Å². The van der Waals surface area contributed by atoms with Crippen LogP contribution < -0.4 is 5.56 Å². The average molecular weight is 297 g/mol. The summed E-state index contributed by atoms with van der Waals surface area (Å²) in [5.41, 5.74) is 2.92. The second-order valence-corrected chi connectivity index (χ2v) is 5.57. The molecule has 1 amide bonds. The molecule has 1 unspecified atom stereocenters. The Morgan fingerprint density at radius 2 is 2.23 bits per heavy atom. The minimum absolute atomic E-state index is 0.0293. The van der Waals surface area contributed by atoms with Crippen LogP contribution >= 0.6 is 0 Å². The van der Waals surface area contributed by atoms with Crippen molar-refractivity contribution in [3.05, 3.63) is 52.2 Å². The highest BCUT2D eigenvalue weighted by Crippen LogP contribution is 2.26. The van der Waals surface area contributed by atoms with Crippen molar-refractivity contribution in [2.24, 2.45) is 0 Å². The quantitative estimate of drug-likeness (QED) is 0.663. The summed E-state index contributed by atoms with van der Waals surface area (Å²) in [7, 11) is 0. The Morgan fingerprint density at radius 3 is 3.00 bits per heavy atom. The number of carbonyl (C=O) groups excluding carboxylic acids is 1. The van der Waals surface area contributed by atoms with Crippen molar-refractivity contribution in [3.8, 4) is 0 Å². The van der Waals surface area contributed by atoms with Crippen LogP contribution in [0.15, 0.2) is 35.3 Å². The molecule has 3 aromatic rings. The molecule has 7 nitrogen and oxygen atoms in total. The normalized spacial score (nSPS) is 18.2. The van der Waals surface area contributed by atoms with Crippen LogP contribution in [-0.2, 0) is 0 Å². The van der Waals surface area contributed by atoms with Crippen molar-refractivity contribution in [3.63, 3.8) is 0 Å². The molecule has 0 bridgehead atoms. The van der Waals surface area contributed by atoms with Crippen molar-refractivity contribution < 1.29 is 4.79 Å². The zero-order chi connectivity index (χ0) is 15.1. The van der Waals surface area contributed by atoms with E-state index in [4.69, 9.17) is 0 Å². The summed E-state index contributed by atoms with van der Waals surface area (Å²) in [5.74, 6) is 0.142. The molecule has 4 heterocycles. The number of nitrogens with zero attached hydrogens (tertiary/aromatic N) is 2. The van der Waals surface area contributed by atoms with Gasteiger partial charge in [0.25, 0.3) is 11.5 Å². The van der Waals surface area contributed by atoms with E-state index in [0.717, 1.165) is 23.1 Å². The van der Waals surface area contributed by atoms with Crippen molar-refractivity contribution in [2.75, 3.05) is 13.1 Å². The summed E-state index contributed by atoms with van der Waals surface area (Å²) in [6.07, 6.45) is 2.55. The lowest BCUT2D eigenvalue weighted by Crippen LogP contribution is -2.28. The number of pyridine rings is 1. The number of fused-ring (bicyclic) bond motifs is 1. The number of rotatable bonds is 2. The van der Waals surface area contributed by atoms with E-state index in [2.05, 4.69) is 20.2 Å². The number of H-pyrrole nitrogens is 3. The van der Waals surface area contributed by atoms with Gasteiger partial charge in [0.15, 0.2) is 0 Å². The van der Waals surface area contributed by atoms with Gasteiger partial charge in [-0.05, 0) is 24.6 Å². The van der Waals surface area contributed by atoms with Gasteiger partial charge in [0.2, 0.25) is 0 Å². The van der Waals surface area contributed by atoms with E-state index in [1.165, 1.54) is 0 Å². The molecule has 3 aromatic heterocycles. The van der Waals surface area contributed by atoms with Crippen LogP contribution in [0.25, 0.3) is 11.0 Å². The van der Waals surface area contributed by atoms with Gasteiger partial charge >= 0.3 is 0 Å². The Bertz CT molecular complexity index is 857. The molecule has 1 aliphatic heterocycles. The molecule has 0 saturated carbocycles. The van der Waals surface area contributed by atoms with Crippen LogP contribution in [-0.4, -0.2) is 44.1 Å². The molecule has 1 fully saturated rings. The Labute approximate surface area is 125 Å². The molecule has 0 radical (unpaired) electrons. The number of nitrogens with one attached hydrogen (secondary N) is 3. The third-order valence-electron chi connectivity index (χ3n) is 4.15. The largest absolute Gasteiger partial charge is 0.349 e. The van der Waals surface area contributed by atoms with Gasteiger partial charge in [-0.2, -0.15) is 0 Å². The second kappa shape index (κ2) is 4.87. The average Bonchev–Trinajstić information content (AvgIpc) is 3.24. The Hall–Kier alpha value is -2.83. The van der Waals surface area contributed by atoms with Gasteiger partial charge in [0.05, 0.1) is 11.0 Å². The Balaban J connectivity index is 1.55. The summed E-state index contributed by atoms with van der Waals surface area (Å²) in [6.45, 7) is 1.29. The number of hydrogen-bond acceptors (Lipinski definition) is 3. The molecular weight excluding hydrogens is 282 g/mol. The van der Waals surface area contributed by atoms with Gasteiger partial charge in [-0.3, -0.25) is 19.7 Å². The summed E-state index contributed by atoms with van der Waals surface area (Å²) >= 11 is 0. The van der Waals surface area contributed by atoms with Crippen molar-refractivity contribution in [1.82, 2.24) is 25.1 Å². The van der Waals surface area contributed by atoms with Gasteiger partial charge in [-0.15, -0.1) is 0 Å². The molecule has 0 spiro atoms. The van der Waals surface area contributed by atoms with Gasteiger partial charge < -0.3 is 15.0 Å². The van der Waals surface area contributed by atoms with E-state index in [1.807, 2.05) is 12.1 Å². The summed E-state index contributed by atoms with van der Waals surface area (Å²) < 4.78 is 0. The van der Waals surface area contributed by atoms with Crippen LogP contribution in [0.5, 0.6) is 0 Å². The standard InChI is InChI=1S/C15H15N5O2/c21-14-7-11(18-19-14)9-3-5-20(8-9)15(22)13-6-12-10(17-13)2-1-4-16-12/h1-2,4,6-7,9,17H,3,5,8H2,(H2,18,19,21). The molecule has 7 heteroatoms. The third-order valence-corrected chi connectivity index (χ3v) is 4.15. The lowest BCUT2D eigenvalue weighted by atomic mass is 10.1. The number of carbonyl (C=O) groups is 1. The smallest absolute Gasteiger partial charge is 0.270 e. The van der Waals surface area contributed by atoms with Crippen LogP contribution in [0.3, 0.4) is 0 Å². The van der Waals surface area contributed by atoms with E-state index in [1.54, 1.807) is 23.2 Å². The molecule has 3 N–H and O–H groups in total. The van der Waals surface area contributed by atoms with E-state index >= 15 is 0 Å². The second-order valence-electron chi connectivity index (χ2n) is 5.57. The maximum absolute atomic E-state index is 12.6. The minimum Gasteiger partial charge on any atom is -0.349 e. The highest BCUT2D eigenvalue weighted by atomic mass is 16.2. The molecule has 1 saturated heterocycles. The van der Waals surface area contributed by atoms with Crippen LogP contribution in [0.1, 0.15) is 28.5 Å². The maximum Gasteiger partial charge on any atom is 0.270 e. The number of aromatic amines is 3. The van der Waals surface area contributed by atoms with Gasteiger partial charge in [0, 0.05) is 37.0 Å². The van der Waals surface area contributed by atoms with Gasteiger partial charge in [-0.1, -0.05) is 0 Å². The SMILES string of the molecule is O=C(c1cc2ncccc2[nH]1)N1CCC(c2cc(=O)[nH][nH]2)C1. The predicted octanol–water partition coefficient (Wildman–Crippen LogP) is 1.21. The Kier molecular flexibility index (Phi) is 2.85. The van der Waals surface area contributed by atoms with E-state index in [0.29, 0.717) is 18.8 Å². The lowest BCUT2D eigenvalue weighted by Gasteiger charge is -2.15. The highest BCUT2D eigenvalue weighted by molar-refractivity contribution is 5.97. The molecular formula is C15H15N5O2. The number of aromatic nitrogens is 4. The van der Waals surface area contributed by atoms with Crippen LogP contribution in [0, 0.1) is 0 Å². The molecule has 4 rings (SSSR count). The van der Waals surface area contributed by atoms with Gasteiger partial charge in [-0.25, -0.2) is 0 Å². The third kappa shape index (κ3) is 2.11. The van der Waals surface area contributed by atoms with Crippen molar-refractivity contribution >= 4 is 16.9 Å². The van der Waals surface area contributed by atoms with Crippen molar-refractivity contribution in [1.29, 1.82) is 0 Å². The number of likely N-dealkylation sites (tertiary alicyclic amines) is 1. The molecule has 0 aromatic carbocycles. The molecule has 0 aliphatic carbocycles. The zero-order valence-electron chi connectivity index (χ0n) is 11.8. The molecule has 1 aliphatic rings. The number of amides is 1. The fourth-order valence-electron chi connectivity index (χ4n) is 3.01. The highest BCUT2D eigenvalue weighted by Gasteiger charge is 2.29.